The van der Waals surface area contributed by atoms with Crippen LogP contribution in [0.2, 0.25) is 0 Å². The second-order valence-electron chi connectivity index (χ2n) is 16.4. The highest BCUT2D eigenvalue weighted by Gasteiger charge is 2.39. The molecule has 1 aliphatic carbocycles. The number of benzene rings is 3. The summed E-state index contributed by atoms with van der Waals surface area (Å²) in [5, 5.41) is 0. The van der Waals surface area contributed by atoms with Gasteiger partial charge in [-0.15, -0.1) is 0 Å². The monoisotopic (exact) mass is 859 g/mol. The number of unbranched alkanes of at least 4 members (excludes halogenated alkanes) is 9. The molecular formula is C52H75FN2O3S2. The summed E-state index contributed by atoms with van der Waals surface area (Å²) in [4.78, 5) is 18.4. The number of nitrogens with zero attached hydrogens (tertiary/aromatic N) is 1. The van der Waals surface area contributed by atoms with Gasteiger partial charge in [0.15, 0.2) is 6.10 Å². The Kier molecular flexibility index (Phi) is 22.2. The summed E-state index contributed by atoms with van der Waals surface area (Å²) < 4.78 is 26.2. The molecule has 3 aromatic carbocycles. The molecule has 0 spiro atoms. The number of nitrogens with one attached hydrogen (secondary N) is 1. The van der Waals surface area contributed by atoms with Crippen LogP contribution in [0.25, 0.3) is 11.1 Å². The molecule has 1 aliphatic heterocycles. The number of carbonyl (C=O) groups excluding carboxylic acids is 1. The average Bonchev–Trinajstić information content (AvgIpc) is 3.37. The predicted molar refractivity (Wildman–Crippen MR) is 260 cm³/mol. The van der Waals surface area contributed by atoms with Gasteiger partial charge in [0.25, 0.3) is 0 Å². The van der Waals surface area contributed by atoms with Crippen LogP contribution in [0.15, 0.2) is 94.0 Å². The Morgan fingerprint density at radius 1 is 0.833 bits per heavy atom. The summed E-state index contributed by atoms with van der Waals surface area (Å²) in [6.07, 6.45) is 16.1. The zero-order chi connectivity index (χ0) is 44.2. The summed E-state index contributed by atoms with van der Waals surface area (Å²) >= 11 is 3.27. The van der Waals surface area contributed by atoms with Crippen molar-refractivity contribution in [2.45, 2.75) is 176 Å². The first-order valence-corrected chi connectivity index (χ1v) is 24.6. The van der Waals surface area contributed by atoms with Gasteiger partial charge in [-0.05, 0) is 130 Å². The van der Waals surface area contributed by atoms with Gasteiger partial charge in [0.2, 0.25) is 0 Å². The molecule has 330 valence electrons. The second-order valence-corrected chi connectivity index (χ2v) is 18.1. The Bertz CT molecular complexity index is 1880. The number of carbonyl (C=O) groups is 1. The summed E-state index contributed by atoms with van der Waals surface area (Å²) in [7, 11) is 0. The van der Waals surface area contributed by atoms with Crippen molar-refractivity contribution >= 4 is 46.7 Å². The lowest BCUT2D eigenvalue weighted by molar-refractivity contribution is -0.200. The fourth-order valence-electron chi connectivity index (χ4n) is 7.91. The zero-order valence-corrected chi connectivity index (χ0v) is 40.6. The van der Waals surface area contributed by atoms with E-state index in [1.54, 1.807) is 23.9 Å². The maximum atomic E-state index is 13.9. The average molecular weight is 859 g/mol. The lowest BCUT2D eigenvalue weighted by Gasteiger charge is -2.36. The van der Waals surface area contributed by atoms with Gasteiger partial charge < -0.3 is 13.8 Å². The Balaban J connectivity index is 0.00000233. The minimum absolute atomic E-state index is 0.553. The van der Waals surface area contributed by atoms with Crippen LogP contribution in [0.5, 0.6) is 0 Å². The van der Waals surface area contributed by atoms with Crippen molar-refractivity contribution < 1.29 is 19.0 Å². The molecule has 1 N–H and O–H groups in total. The maximum absolute atomic E-state index is 13.9. The smallest absolute Gasteiger partial charge is 0.356 e. The van der Waals surface area contributed by atoms with Crippen molar-refractivity contribution in [2.75, 3.05) is 11.0 Å². The van der Waals surface area contributed by atoms with E-state index in [9.17, 15) is 9.32 Å². The van der Waals surface area contributed by atoms with Crippen LogP contribution in [0.3, 0.4) is 0 Å². The number of hydrogen-bond acceptors (Lipinski definition) is 7. The van der Waals surface area contributed by atoms with Crippen LogP contribution in [-0.4, -0.2) is 28.2 Å². The van der Waals surface area contributed by atoms with E-state index >= 15 is 0 Å². The lowest BCUT2D eigenvalue weighted by Crippen LogP contribution is -2.36. The van der Waals surface area contributed by atoms with Crippen LogP contribution in [0.1, 0.15) is 168 Å². The number of ether oxygens (including phenoxy) is 1. The normalized spacial score (nSPS) is 14.3. The standard InChI is InChI=1S/C48H63FN2O3S2.2C2H6/c1-9-10-11-12-13-14-15-16-17-18-19-36-22-28-40(29-23-36)56-50-39-27-26-38-32-51(55-8)45-35(4)44(46(47(52)54-49)53-48(5,6)7)41(37-24-20-33(2)21-25-37)30-34(3)43(45)42(38)31-39;2*1-2/h20-29,31,46,50H,9-19,30,32H2,1-8H3;2*1-2H3/t46-;;/m0../s1. The van der Waals surface area contributed by atoms with Gasteiger partial charge in [0.1, 0.15) is 0 Å². The van der Waals surface area contributed by atoms with Crippen LogP contribution >= 0.6 is 23.9 Å². The first-order chi connectivity index (χ1) is 28.9. The predicted octanol–water partition coefficient (Wildman–Crippen LogP) is 16.2. The third-order valence-corrected chi connectivity index (χ3v) is 12.4. The second kappa shape index (κ2) is 26.1. The van der Waals surface area contributed by atoms with E-state index in [0.717, 1.165) is 56.8 Å². The number of hydrogen-bond donors (Lipinski definition) is 1. The Hall–Kier alpha value is -3.46. The fraction of sp³-hybridized carbons (Fsp3) is 0.519. The summed E-state index contributed by atoms with van der Waals surface area (Å²) in [5.74, 6) is -1.05. The quantitative estimate of drug-likeness (QED) is 0.0952. The lowest BCUT2D eigenvalue weighted by atomic mass is 9.87. The van der Waals surface area contributed by atoms with Crippen molar-refractivity contribution in [1.82, 2.24) is 4.31 Å². The van der Waals surface area contributed by atoms with Crippen LogP contribution in [-0.2, 0) is 27.4 Å². The molecule has 0 amide bonds. The van der Waals surface area contributed by atoms with E-state index in [0.29, 0.717) is 18.5 Å². The van der Waals surface area contributed by atoms with Gasteiger partial charge in [-0.1, -0.05) is 158 Å². The summed E-state index contributed by atoms with van der Waals surface area (Å²) in [5.41, 5.74) is 11.9. The molecule has 0 bridgehead atoms. The highest BCUT2D eigenvalue weighted by Crippen LogP contribution is 2.49. The number of halogens is 1. The molecule has 2 aliphatic rings. The molecule has 5 nitrogen and oxygen atoms in total. The van der Waals surface area contributed by atoms with Gasteiger partial charge >= 0.3 is 5.97 Å². The first kappa shape index (κ1) is 50.9. The highest BCUT2D eigenvalue weighted by atomic mass is 32.2. The number of rotatable bonds is 19. The molecule has 1 atom stereocenters. The molecule has 8 heteroatoms. The van der Waals surface area contributed by atoms with E-state index in [1.807, 2.05) is 55.4 Å². The molecule has 0 fully saturated rings. The third-order valence-electron chi connectivity index (χ3n) is 10.8. The van der Waals surface area contributed by atoms with Crippen LogP contribution in [0.4, 0.5) is 10.2 Å². The largest absolute Gasteiger partial charge is 0.381 e. The van der Waals surface area contributed by atoms with Crippen molar-refractivity contribution in [3.63, 3.8) is 0 Å². The molecule has 0 radical (unpaired) electrons. The molecule has 5 rings (SSSR count). The molecule has 0 aromatic heterocycles. The van der Waals surface area contributed by atoms with E-state index in [2.05, 4.69) is 108 Å². The van der Waals surface area contributed by atoms with Crippen LogP contribution in [0, 0.1) is 6.92 Å². The molecular weight excluding hydrogens is 784 g/mol. The molecule has 3 aromatic rings. The van der Waals surface area contributed by atoms with Gasteiger partial charge in [0.05, 0.1) is 17.8 Å². The van der Waals surface area contributed by atoms with Crippen molar-refractivity contribution in [3.05, 3.63) is 117 Å². The zero-order valence-electron chi connectivity index (χ0n) is 39.0. The van der Waals surface area contributed by atoms with Gasteiger partial charge in [-0.3, -0.25) is 4.94 Å². The molecule has 60 heavy (non-hydrogen) atoms. The minimum Gasteiger partial charge on any atom is -0.356 e. The first-order valence-electron chi connectivity index (χ1n) is 22.6. The van der Waals surface area contributed by atoms with Crippen LogP contribution < -0.4 is 4.72 Å². The highest BCUT2D eigenvalue weighted by molar-refractivity contribution is 8.00. The molecule has 1 heterocycles. The number of allylic oxidation sites excluding steroid dienone is 3. The maximum Gasteiger partial charge on any atom is 0.381 e. The summed E-state index contributed by atoms with van der Waals surface area (Å²) in [6, 6.07) is 23.9. The Morgan fingerprint density at radius 2 is 1.43 bits per heavy atom. The van der Waals surface area contributed by atoms with Crippen molar-refractivity contribution in [2.24, 2.45) is 0 Å². The minimum atomic E-state index is -1.26. The fourth-order valence-corrected chi connectivity index (χ4v) is 9.22. The number of anilines is 1. The van der Waals surface area contributed by atoms with E-state index in [-0.39, 0.29) is 0 Å². The van der Waals surface area contributed by atoms with Crippen molar-refractivity contribution in [3.8, 4) is 0 Å². The van der Waals surface area contributed by atoms with E-state index in [1.165, 1.54) is 80.2 Å². The number of aryl methyl sites for hydroxylation is 2. The Labute approximate surface area is 372 Å². The van der Waals surface area contributed by atoms with E-state index in [4.69, 9.17) is 4.74 Å². The van der Waals surface area contributed by atoms with Gasteiger partial charge in [-0.2, -0.15) is 0 Å². The SMILES string of the molecule is CC.CC.CCCCCCCCCCCCc1ccc(SNc2ccc3c(c2)C2=C(C)CC(c4ccc(C)cc4)=C([C@H](OC(C)(C)C)C(=O)OF)C(C)=C2N(SC)C3)cc1. The topological polar surface area (TPSA) is 50.8 Å². The third kappa shape index (κ3) is 14.6. The molecule has 0 saturated carbocycles. The van der Waals surface area contributed by atoms with Crippen molar-refractivity contribution in [1.29, 1.82) is 0 Å². The van der Waals surface area contributed by atoms with Gasteiger partial charge in [0, 0.05) is 32.5 Å². The van der Waals surface area contributed by atoms with Gasteiger partial charge in [-0.25, -0.2) is 4.79 Å². The summed E-state index contributed by atoms with van der Waals surface area (Å²) in [6.45, 7) is 22.8. The Morgan fingerprint density at radius 3 is 2.00 bits per heavy atom. The molecule has 0 saturated heterocycles. The molecule has 0 unspecified atom stereocenters. The van der Waals surface area contributed by atoms with E-state index < -0.39 is 17.7 Å². The number of fused-ring (bicyclic) bond motifs is 3.